The van der Waals surface area contributed by atoms with E-state index in [-0.39, 0.29) is 47.6 Å². The molecule has 4 rings (SSSR count). The monoisotopic (exact) mass is 411 g/mol. The highest BCUT2D eigenvalue weighted by molar-refractivity contribution is 6.05. The topological polar surface area (TPSA) is 90.6 Å². The van der Waals surface area contributed by atoms with Crippen LogP contribution in [0.2, 0.25) is 0 Å². The molecule has 9 heteroatoms. The molecule has 0 saturated heterocycles. The molecule has 0 N–H and O–H groups in total. The lowest BCUT2D eigenvalue weighted by Gasteiger charge is -2.34. The van der Waals surface area contributed by atoms with Gasteiger partial charge in [0.2, 0.25) is 0 Å². The SMILES string of the molecule is C#CCN1C(=O)C2(CC2)Oc2cc(F)c(-n3c(=O)cc(C)n(CC(C)=O)c3=O)cc21. The number of nitrogens with zero attached hydrogens (tertiary/aromatic N) is 3. The minimum absolute atomic E-state index is 0.0701. The first-order chi connectivity index (χ1) is 14.2. The number of Topliss-reactive ketones (excluding diaryl/α,β-unsaturated/α-hetero) is 1. The van der Waals surface area contributed by atoms with Gasteiger partial charge in [-0.05, 0) is 19.9 Å². The molecule has 154 valence electrons. The molecule has 2 aliphatic rings. The molecule has 2 heterocycles. The molecule has 0 unspecified atom stereocenters. The third-order valence-electron chi connectivity index (χ3n) is 5.24. The molecule has 1 fully saturated rings. The molecule has 1 aliphatic carbocycles. The fourth-order valence-corrected chi connectivity index (χ4v) is 3.61. The van der Waals surface area contributed by atoms with E-state index in [9.17, 15) is 19.2 Å². The van der Waals surface area contributed by atoms with Gasteiger partial charge in [0.1, 0.15) is 11.5 Å². The van der Waals surface area contributed by atoms with Crippen LogP contribution in [0.4, 0.5) is 10.1 Å². The van der Waals surface area contributed by atoms with E-state index in [0.29, 0.717) is 17.4 Å². The predicted molar refractivity (Wildman–Crippen MR) is 105 cm³/mol. The zero-order valence-corrected chi connectivity index (χ0v) is 16.4. The summed E-state index contributed by atoms with van der Waals surface area (Å²) in [6, 6.07) is 3.39. The Morgan fingerprint density at radius 2 is 1.93 bits per heavy atom. The number of halogens is 1. The first kappa shape index (κ1) is 19.6. The zero-order chi connectivity index (χ0) is 21.8. The van der Waals surface area contributed by atoms with Crippen LogP contribution in [0, 0.1) is 25.1 Å². The van der Waals surface area contributed by atoms with Crippen LogP contribution in [-0.4, -0.2) is 33.0 Å². The van der Waals surface area contributed by atoms with Crippen molar-refractivity contribution in [2.75, 3.05) is 11.4 Å². The number of aromatic nitrogens is 2. The molecular formula is C21H18FN3O5. The van der Waals surface area contributed by atoms with E-state index in [0.717, 1.165) is 16.7 Å². The number of anilines is 1. The van der Waals surface area contributed by atoms with Gasteiger partial charge < -0.3 is 4.74 Å². The van der Waals surface area contributed by atoms with E-state index in [1.54, 1.807) is 0 Å². The molecule has 1 amide bonds. The highest BCUT2D eigenvalue weighted by Gasteiger charge is 2.58. The molecular weight excluding hydrogens is 393 g/mol. The van der Waals surface area contributed by atoms with Crippen LogP contribution < -0.4 is 20.9 Å². The van der Waals surface area contributed by atoms with Crippen molar-refractivity contribution in [1.29, 1.82) is 0 Å². The molecule has 0 bridgehead atoms. The second-order valence-corrected chi connectivity index (χ2v) is 7.49. The maximum Gasteiger partial charge on any atom is 0.336 e. The fourth-order valence-electron chi connectivity index (χ4n) is 3.61. The number of carbonyl (C=O) groups excluding carboxylic acids is 2. The van der Waals surface area contributed by atoms with Gasteiger partial charge in [0.05, 0.1) is 24.5 Å². The summed E-state index contributed by atoms with van der Waals surface area (Å²) in [5.74, 6) is 0.996. The number of fused-ring (bicyclic) bond motifs is 1. The number of terminal acetylenes is 1. The molecule has 30 heavy (non-hydrogen) atoms. The average Bonchev–Trinajstić information content (AvgIpc) is 3.44. The molecule has 0 radical (unpaired) electrons. The van der Waals surface area contributed by atoms with Crippen LogP contribution in [-0.2, 0) is 16.1 Å². The van der Waals surface area contributed by atoms with Crippen molar-refractivity contribution < 1.29 is 18.7 Å². The summed E-state index contributed by atoms with van der Waals surface area (Å²) in [5.41, 5.74) is -2.55. The van der Waals surface area contributed by atoms with Gasteiger partial charge in [-0.2, -0.15) is 0 Å². The fraction of sp³-hybridized carbons (Fsp3) is 0.333. The van der Waals surface area contributed by atoms with Crippen LogP contribution >= 0.6 is 0 Å². The smallest absolute Gasteiger partial charge is 0.336 e. The number of ketones is 1. The quantitative estimate of drug-likeness (QED) is 0.698. The first-order valence-corrected chi connectivity index (χ1v) is 9.30. The number of amides is 1. The Hall–Kier alpha value is -3.67. The number of hydrogen-bond donors (Lipinski definition) is 0. The summed E-state index contributed by atoms with van der Waals surface area (Å²) < 4.78 is 22.5. The van der Waals surface area contributed by atoms with Gasteiger partial charge in [-0.25, -0.2) is 13.8 Å². The third-order valence-corrected chi connectivity index (χ3v) is 5.24. The molecule has 1 aromatic carbocycles. The number of rotatable bonds is 4. The largest absolute Gasteiger partial charge is 0.475 e. The number of carbonyl (C=O) groups is 2. The lowest BCUT2D eigenvalue weighted by molar-refractivity contribution is -0.128. The van der Waals surface area contributed by atoms with E-state index in [4.69, 9.17) is 11.2 Å². The van der Waals surface area contributed by atoms with Gasteiger partial charge in [-0.1, -0.05) is 5.92 Å². The van der Waals surface area contributed by atoms with E-state index in [1.807, 2.05) is 0 Å². The summed E-state index contributed by atoms with van der Waals surface area (Å²) in [7, 11) is 0. The van der Waals surface area contributed by atoms with Crippen molar-refractivity contribution >= 4 is 17.4 Å². The van der Waals surface area contributed by atoms with Crippen molar-refractivity contribution in [3.63, 3.8) is 0 Å². The molecule has 2 aromatic rings. The van der Waals surface area contributed by atoms with Crippen LogP contribution in [0.5, 0.6) is 5.75 Å². The minimum atomic E-state index is -1.02. The molecule has 1 spiro atoms. The Labute approximate surface area is 170 Å². The average molecular weight is 411 g/mol. The molecule has 1 aliphatic heterocycles. The zero-order valence-electron chi connectivity index (χ0n) is 16.4. The van der Waals surface area contributed by atoms with Gasteiger partial charge in [0.15, 0.2) is 11.4 Å². The van der Waals surface area contributed by atoms with E-state index >= 15 is 4.39 Å². The minimum Gasteiger partial charge on any atom is -0.475 e. The molecule has 1 saturated carbocycles. The number of benzene rings is 1. The van der Waals surface area contributed by atoms with Gasteiger partial charge in [-0.3, -0.25) is 23.9 Å². The van der Waals surface area contributed by atoms with Crippen molar-refractivity contribution in [2.24, 2.45) is 0 Å². The van der Waals surface area contributed by atoms with Gasteiger partial charge in [0, 0.05) is 30.7 Å². The predicted octanol–water partition coefficient (Wildman–Crippen LogP) is 0.927. The molecule has 0 atom stereocenters. The Bertz CT molecular complexity index is 1260. The summed E-state index contributed by atoms with van der Waals surface area (Å²) in [4.78, 5) is 51.1. The normalized spacial score (nSPS) is 16.1. The second kappa shape index (κ2) is 6.69. The standard InChI is InChI=1S/C21H18FN3O5/c1-4-7-23-16-10-15(14(22)9-17(16)30-21(5-6-21)19(23)28)25-18(27)8-12(2)24(20(25)29)11-13(3)26/h1,8-10H,5-7,11H2,2-3H3. The first-order valence-electron chi connectivity index (χ1n) is 9.30. The van der Waals surface area contributed by atoms with Crippen LogP contribution in [0.25, 0.3) is 5.69 Å². The maximum atomic E-state index is 15.0. The highest BCUT2D eigenvalue weighted by Crippen LogP contribution is 2.49. The lowest BCUT2D eigenvalue weighted by atomic mass is 10.1. The van der Waals surface area contributed by atoms with Crippen molar-refractivity contribution in [2.45, 2.75) is 38.8 Å². The maximum absolute atomic E-state index is 15.0. The molecule has 1 aromatic heterocycles. The summed E-state index contributed by atoms with van der Waals surface area (Å²) >= 11 is 0. The van der Waals surface area contributed by atoms with Crippen LogP contribution in [0.1, 0.15) is 25.5 Å². The summed E-state index contributed by atoms with van der Waals surface area (Å²) in [5, 5.41) is 0. The number of aryl methyl sites for hydroxylation is 1. The molecule has 8 nitrogen and oxygen atoms in total. The van der Waals surface area contributed by atoms with Gasteiger partial charge in [-0.15, -0.1) is 6.42 Å². The van der Waals surface area contributed by atoms with Crippen LogP contribution in [0.3, 0.4) is 0 Å². The van der Waals surface area contributed by atoms with Crippen molar-refractivity contribution in [3.05, 3.63) is 50.5 Å². The summed E-state index contributed by atoms with van der Waals surface area (Å²) in [6.45, 7) is 2.48. The van der Waals surface area contributed by atoms with Gasteiger partial charge >= 0.3 is 5.69 Å². The summed E-state index contributed by atoms with van der Waals surface area (Å²) in [6.07, 6.45) is 6.40. The van der Waals surface area contributed by atoms with E-state index in [1.165, 1.54) is 24.8 Å². The van der Waals surface area contributed by atoms with Crippen molar-refractivity contribution in [3.8, 4) is 23.8 Å². The van der Waals surface area contributed by atoms with Gasteiger partial charge in [0.25, 0.3) is 11.5 Å². The Morgan fingerprint density at radius 1 is 1.23 bits per heavy atom. The third kappa shape index (κ3) is 2.92. The van der Waals surface area contributed by atoms with Crippen molar-refractivity contribution in [1.82, 2.24) is 9.13 Å². The Balaban J connectivity index is 1.94. The highest BCUT2D eigenvalue weighted by atomic mass is 19.1. The van der Waals surface area contributed by atoms with E-state index in [2.05, 4.69) is 5.92 Å². The Kier molecular flexibility index (Phi) is 4.38. The second-order valence-electron chi connectivity index (χ2n) is 7.49. The van der Waals surface area contributed by atoms with Crippen LogP contribution in [0.15, 0.2) is 27.8 Å². The number of hydrogen-bond acceptors (Lipinski definition) is 5. The van der Waals surface area contributed by atoms with E-state index < -0.39 is 22.7 Å². The Morgan fingerprint density at radius 3 is 2.53 bits per heavy atom. The lowest BCUT2D eigenvalue weighted by Crippen LogP contribution is -2.48. The number of ether oxygens (including phenoxy) is 1.